The summed E-state index contributed by atoms with van der Waals surface area (Å²) >= 11 is 1.69. The van der Waals surface area contributed by atoms with Crippen molar-refractivity contribution in [2.45, 2.75) is 4.90 Å². The van der Waals surface area contributed by atoms with Gasteiger partial charge in [-0.15, -0.1) is 11.8 Å². The van der Waals surface area contributed by atoms with Gasteiger partial charge in [-0.25, -0.2) is 4.79 Å². The van der Waals surface area contributed by atoms with Crippen LogP contribution in [0.1, 0.15) is 11.1 Å². The third-order valence-corrected chi connectivity index (χ3v) is 5.18. The highest BCUT2D eigenvalue weighted by Gasteiger charge is 2.21. The zero-order chi connectivity index (χ0) is 18.6. The third kappa shape index (κ3) is 3.88. The lowest BCUT2D eigenvalue weighted by molar-refractivity contribution is -0.130. The van der Waals surface area contributed by atoms with E-state index in [9.17, 15) is 4.79 Å². The zero-order valence-electron chi connectivity index (χ0n) is 14.9. The number of hydrogen-bond donors (Lipinski definition) is 0. The highest BCUT2D eigenvalue weighted by atomic mass is 32.2. The predicted octanol–water partition coefficient (Wildman–Crippen LogP) is 6.06. The molecule has 2 nitrogen and oxygen atoms in total. The van der Waals surface area contributed by atoms with E-state index >= 15 is 0 Å². The van der Waals surface area contributed by atoms with Gasteiger partial charge in [0.15, 0.2) is 0 Å². The second-order valence-corrected chi connectivity index (χ2v) is 7.09. The molecule has 0 amide bonds. The summed E-state index contributed by atoms with van der Waals surface area (Å²) in [7, 11) is 0. The first-order valence-corrected chi connectivity index (χ1v) is 9.91. The number of benzene rings is 3. The number of carbonyl (C=O) groups is 1. The summed E-state index contributed by atoms with van der Waals surface area (Å²) in [6, 6.07) is 26.4. The van der Waals surface area contributed by atoms with Gasteiger partial charge < -0.3 is 4.74 Å². The molecule has 0 radical (unpaired) electrons. The number of cyclic esters (lactones) is 1. The molecule has 3 heteroatoms. The predicted molar refractivity (Wildman–Crippen MR) is 112 cm³/mol. The fourth-order valence-corrected chi connectivity index (χ4v) is 3.38. The Morgan fingerprint density at radius 2 is 1.41 bits per heavy atom. The molecule has 0 saturated carbocycles. The molecule has 3 aromatic carbocycles. The first-order valence-electron chi connectivity index (χ1n) is 8.68. The summed E-state index contributed by atoms with van der Waals surface area (Å²) in [4.78, 5) is 13.4. The maximum Gasteiger partial charge on any atom is 0.343 e. The third-order valence-electron chi connectivity index (χ3n) is 4.44. The number of ether oxygens (including phenoxy) is 1. The van der Waals surface area contributed by atoms with Gasteiger partial charge in [-0.05, 0) is 47.2 Å². The molecular formula is C24H18O2S. The van der Waals surface area contributed by atoms with Crippen molar-refractivity contribution in [3.8, 4) is 11.1 Å². The molecule has 0 spiro atoms. The quantitative estimate of drug-likeness (QED) is 0.317. The molecule has 1 aliphatic heterocycles. The smallest absolute Gasteiger partial charge is 0.343 e. The summed E-state index contributed by atoms with van der Waals surface area (Å²) in [5.74, 6) is 0.276. The summed E-state index contributed by atoms with van der Waals surface area (Å²) < 4.78 is 5.47. The second kappa shape index (κ2) is 7.68. The number of carbonyl (C=O) groups excluding carboxylic acids is 1. The minimum Gasteiger partial charge on any atom is -0.422 e. The van der Waals surface area contributed by atoms with Gasteiger partial charge in [0.1, 0.15) is 5.76 Å². The van der Waals surface area contributed by atoms with E-state index in [2.05, 4.69) is 12.1 Å². The van der Waals surface area contributed by atoms with E-state index in [1.54, 1.807) is 11.8 Å². The van der Waals surface area contributed by atoms with Crippen molar-refractivity contribution in [1.82, 2.24) is 0 Å². The molecule has 132 valence electrons. The van der Waals surface area contributed by atoms with Crippen LogP contribution >= 0.6 is 11.8 Å². The van der Waals surface area contributed by atoms with E-state index in [4.69, 9.17) is 4.74 Å². The van der Waals surface area contributed by atoms with E-state index in [0.29, 0.717) is 11.3 Å². The van der Waals surface area contributed by atoms with Gasteiger partial charge in [-0.2, -0.15) is 0 Å². The fourth-order valence-electron chi connectivity index (χ4n) is 2.97. The zero-order valence-corrected chi connectivity index (χ0v) is 15.7. The topological polar surface area (TPSA) is 26.3 Å². The summed E-state index contributed by atoms with van der Waals surface area (Å²) in [5.41, 5.74) is 4.74. The SMILES string of the molecule is CSc1ccc(/C=C2\C=C(c3ccc(-c4ccccc4)cc3)OC2=O)cc1. The summed E-state index contributed by atoms with van der Waals surface area (Å²) in [6.07, 6.45) is 5.71. The van der Waals surface area contributed by atoms with Crippen LogP contribution in [0.15, 0.2) is 95.4 Å². The Morgan fingerprint density at radius 3 is 2.07 bits per heavy atom. The van der Waals surface area contributed by atoms with Crippen molar-refractivity contribution >= 4 is 29.6 Å². The van der Waals surface area contributed by atoms with Gasteiger partial charge in [-0.3, -0.25) is 0 Å². The second-order valence-electron chi connectivity index (χ2n) is 6.21. The summed E-state index contributed by atoms with van der Waals surface area (Å²) in [6.45, 7) is 0. The van der Waals surface area contributed by atoms with Crippen LogP contribution in [-0.4, -0.2) is 12.2 Å². The molecule has 0 saturated heterocycles. The molecule has 1 aliphatic rings. The molecule has 0 aliphatic carbocycles. The molecule has 0 N–H and O–H groups in total. The van der Waals surface area contributed by atoms with Crippen molar-refractivity contribution in [3.63, 3.8) is 0 Å². The Balaban J connectivity index is 1.58. The molecule has 0 bridgehead atoms. The van der Waals surface area contributed by atoms with E-state index in [0.717, 1.165) is 22.3 Å². The van der Waals surface area contributed by atoms with Crippen molar-refractivity contribution in [1.29, 1.82) is 0 Å². The lowest BCUT2D eigenvalue weighted by Gasteiger charge is -2.05. The maximum absolute atomic E-state index is 12.2. The molecule has 0 unspecified atom stereocenters. The highest BCUT2D eigenvalue weighted by Crippen LogP contribution is 2.29. The van der Waals surface area contributed by atoms with Crippen LogP contribution in [0.5, 0.6) is 0 Å². The number of rotatable bonds is 4. The van der Waals surface area contributed by atoms with Gasteiger partial charge >= 0.3 is 5.97 Å². The van der Waals surface area contributed by atoms with Gasteiger partial charge in [0.2, 0.25) is 0 Å². The number of thioether (sulfide) groups is 1. The monoisotopic (exact) mass is 370 g/mol. The Labute approximate surface area is 163 Å². The summed E-state index contributed by atoms with van der Waals surface area (Å²) in [5, 5.41) is 0. The Kier molecular flexibility index (Phi) is 4.95. The van der Waals surface area contributed by atoms with E-state index in [-0.39, 0.29) is 5.97 Å². The maximum atomic E-state index is 12.2. The van der Waals surface area contributed by atoms with Crippen LogP contribution in [-0.2, 0) is 9.53 Å². The van der Waals surface area contributed by atoms with Crippen LogP contribution in [0.2, 0.25) is 0 Å². The van der Waals surface area contributed by atoms with Crippen LogP contribution in [0.3, 0.4) is 0 Å². The standard InChI is InChI=1S/C24H18O2S/c1-27-22-13-7-17(8-14-22)15-21-16-23(26-24(21)25)20-11-9-19(10-12-20)18-5-3-2-4-6-18/h2-16H,1H3/b21-15+. The Morgan fingerprint density at radius 1 is 0.778 bits per heavy atom. The fraction of sp³-hybridized carbons (Fsp3) is 0.0417. The first-order chi connectivity index (χ1) is 13.2. The largest absolute Gasteiger partial charge is 0.422 e. The van der Waals surface area contributed by atoms with Crippen LogP contribution < -0.4 is 0 Å². The molecule has 0 fully saturated rings. The van der Waals surface area contributed by atoms with E-state index < -0.39 is 0 Å². The van der Waals surface area contributed by atoms with Crippen molar-refractivity contribution < 1.29 is 9.53 Å². The molecule has 0 atom stereocenters. The normalized spacial score (nSPS) is 14.9. The number of esters is 1. The highest BCUT2D eigenvalue weighted by molar-refractivity contribution is 7.98. The van der Waals surface area contributed by atoms with E-state index in [1.165, 1.54) is 4.90 Å². The molecular weight excluding hydrogens is 352 g/mol. The molecule has 4 rings (SSSR count). The van der Waals surface area contributed by atoms with Crippen LogP contribution in [0, 0.1) is 0 Å². The Hall–Kier alpha value is -3.04. The van der Waals surface area contributed by atoms with Crippen molar-refractivity contribution in [3.05, 3.63) is 102 Å². The number of hydrogen-bond acceptors (Lipinski definition) is 3. The van der Waals surface area contributed by atoms with Crippen LogP contribution in [0.25, 0.3) is 23.0 Å². The van der Waals surface area contributed by atoms with Crippen molar-refractivity contribution in [2.75, 3.05) is 6.26 Å². The van der Waals surface area contributed by atoms with Crippen molar-refractivity contribution in [2.24, 2.45) is 0 Å². The van der Waals surface area contributed by atoms with Gasteiger partial charge in [0, 0.05) is 10.5 Å². The molecule has 3 aromatic rings. The lowest BCUT2D eigenvalue weighted by Crippen LogP contribution is -1.97. The van der Waals surface area contributed by atoms with Gasteiger partial charge in [-0.1, -0.05) is 66.7 Å². The molecule has 27 heavy (non-hydrogen) atoms. The first kappa shape index (κ1) is 17.4. The average Bonchev–Trinajstić information content (AvgIpc) is 3.10. The molecule has 1 heterocycles. The van der Waals surface area contributed by atoms with Gasteiger partial charge in [0.05, 0.1) is 5.57 Å². The minimum absolute atomic E-state index is 0.314. The average molecular weight is 370 g/mol. The van der Waals surface area contributed by atoms with Gasteiger partial charge in [0.25, 0.3) is 0 Å². The lowest BCUT2D eigenvalue weighted by atomic mass is 10.0. The van der Waals surface area contributed by atoms with Crippen LogP contribution in [0.4, 0.5) is 0 Å². The molecule has 0 aromatic heterocycles. The minimum atomic E-state index is -0.314. The van der Waals surface area contributed by atoms with E-state index in [1.807, 2.05) is 85.1 Å². The Bertz CT molecular complexity index is 1010.